The van der Waals surface area contributed by atoms with Gasteiger partial charge in [-0.3, -0.25) is 9.59 Å². The Morgan fingerprint density at radius 1 is 1.42 bits per heavy atom. The number of hydrogen-bond acceptors (Lipinski definition) is 6. The van der Waals surface area contributed by atoms with Crippen molar-refractivity contribution in [2.75, 3.05) is 11.9 Å². The number of amides is 1. The summed E-state index contributed by atoms with van der Waals surface area (Å²) < 4.78 is 26.4. The van der Waals surface area contributed by atoms with Crippen LogP contribution in [0.3, 0.4) is 0 Å². The SMILES string of the molecule is C=CCN1C(C(=O)Nc2nccs2)C(=O)c2ccccc2S1(=O)=O. The van der Waals surface area contributed by atoms with Crippen LogP contribution in [0.4, 0.5) is 5.13 Å². The van der Waals surface area contributed by atoms with Gasteiger partial charge in [0, 0.05) is 23.7 Å². The number of nitrogens with one attached hydrogen (secondary N) is 1. The number of Topliss-reactive ketones (excluding diaryl/α,β-unsaturated/α-hetero) is 1. The van der Waals surface area contributed by atoms with Crippen molar-refractivity contribution in [3.63, 3.8) is 0 Å². The highest BCUT2D eigenvalue weighted by molar-refractivity contribution is 7.89. The molecule has 1 unspecified atom stereocenters. The van der Waals surface area contributed by atoms with Crippen molar-refractivity contribution in [2.45, 2.75) is 10.9 Å². The lowest BCUT2D eigenvalue weighted by molar-refractivity contribution is -0.118. The van der Waals surface area contributed by atoms with Gasteiger partial charge in [-0.1, -0.05) is 18.2 Å². The van der Waals surface area contributed by atoms with Gasteiger partial charge in [-0.15, -0.1) is 17.9 Å². The normalized spacial score (nSPS) is 19.5. The third-order valence-electron chi connectivity index (χ3n) is 3.50. The topological polar surface area (TPSA) is 96.4 Å². The minimum atomic E-state index is -3.99. The van der Waals surface area contributed by atoms with Crippen molar-refractivity contribution in [2.24, 2.45) is 0 Å². The maximum atomic E-state index is 12.8. The monoisotopic (exact) mass is 363 g/mol. The second-order valence-electron chi connectivity index (χ2n) is 4.95. The van der Waals surface area contributed by atoms with E-state index in [0.29, 0.717) is 5.13 Å². The molecule has 124 valence electrons. The first-order chi connectivity index (χ1) is 11.5. The fourth-order valence-corrected chi connectivity index (χ4v) is 4.73. The molecule has 0 aliphatic carbocycles. The Hall–Kier alpha value is -2.36. The van der Waals surface area contributed by atoms with Gasteiger partial charge in [0.05, 0.1) is 4.90 Å². The third kappa shape index (κ3) is 2.66. The summed E-state index contributed by atoms with van der Waals surface area (Å²) >= 11 is 1.17. The van der Waals surface area contributed by atoms with Crippen molar-refractivity contribution < 1.29 is 18.0 Å². The summed E-state index contributed by atoms with van der Waals surface area (Å²) in [5.41, 5.74) is 0.0112. The van der Waals surface area contributed by atoms with Gasteiger partial charge in [-0.25, -0.2) is 13.4 Å². The van der Waals surface area contributed by atoms with E-state index in [1.54, 1.807) is 11.4 Å². The van der Waals surface area contributed by atoms with Crippen molar-refractivity contribution in [1.29, 1.82) is 0 Å². The van der Waals surface area contributed by atoms with Crippen LogP contribution in [0.5, 0.6) is 0 Å². The molecule has 1 aromatic carbocycles. The van der Waals surface area contributed by atoms with E-state index in [2.05, 4.69) is 16.9 Å². The summed E-state index contributed by atoms with van der Waals surface area (Å²) in [6.07, 6.45) is 2.83. The Labute approximate surface area is 142 Å². The summed E-state index contributed by atoms with van der Waals surface area (Å²) in [6.45, 7) is 3.36. The number of benzene rings is 1. The summed E-state index contributed by atoms with van der Waals surface area (Å²) in [5, 5.41) is 4.44. The zero-order valence-corrected chi connectivity index (χ0v) is 14.0. The Morgan fingerprint density at radius 3 is 2.83 bits per heavy atom. The minimum absolute atomic E-state index is 0.0112. The first-order valence-corrected chi connectivity index (χ1v) is 9.25. The molecular weight excluding hydrogens is 350 g/mol. The summed E-state index contributed by atoms with van der Waals surface area (Å²) in [5.74, 6) is -1.31. The van der Waals surface area contributed by atoms with E-state index in [-0.39, 0.29) is 17.0 Å². The highest BCUT2D eigenvalue weighted by atomic mass is 32.2. The zero-order valence-electron chi connectivity index (χ0n) is 12.4. The van der Waals surface area contributed by atoms with Crippen molar-refractivity contribution in [1.82, 2.24) is 9.29 Å². The smallest absolute Gasteiger partial charge is 0.252 e. The zero-order chi connectivity index (χ0) is 17.3. The summed E-state index contributed by atoms with van der Waals surface area (Å²) in [6, 6.07) is 4.36. The van der Waals surface area contributed by atoms with E-state index >= 15 is 0 Å². The molecular formula is C15H13N3O4S2. The number of ketones is 1. The van der Waals surface area contributed by atoms with Crippen LogP contribution in [0.1, 0.15) is 10.4 Å². The number of anilines is 1. The summed E-state index contributed by atoms with van der Waals surface area (Å²) in [4.78, 5) is 29.1. The molecule has 0 saturated carbocycles. The molecule has 2 heterocycles. The minimum Gasteiger partial charge on any atom is -0.300 e. The van der Waals surface area contributed by atoms with Gasteiger partial charge in [-0.2, -0.15) is 4.31 Å². The molecule has 0 spiro atoms. The molecule has 0 saturated heterocycles. The van der Waals surface area contributed by atoms with Gasteiger partial charge >= 0.3 is 0 Å². The van der Waals surface area contributed by atoms with Gasteiger partial charge < -0.3 is 5.32 Å². The molecule has 1 amide bonds. The Morgan fingerprint density at radius 2 is 2.17 bits per heavy atom. The Balaban J connectivity index is 2.08. The van der Waals surface area contributed by atoms with Crippen LogP contribution in [0, 0.1) is 0 Å². The van der Waals surface area contributed by atoms with Crippen molar-refractivity contribution in [3.05, 3.63) is 54.1 Å². The highest BCUT2D eigenvalue weighted by Gasteiger charge is 2.46. The van der Waals surface area contributed by atoms with E-state index in [9.17, 15) is 18.0 Å². The molecule has 9 heteroatoms. The van der Waals surface area contributed by atoms with E-state index in [0.717, 1.165) is 4.31 Å². The van der Waals surface area contributed by atoms with Crippen LogP contribution in [-0.4, -0.2) is 42.0 Å². The fourth-order valence-electron chi connectivity index (χ4n) is 2.48. The number of aromatic nitrogens is 1. The maximum Gasteiger partial charge on any atom is 0.252 e. The molecule has 0 fully saturated rings. The van der Waals surface area contributed by atoms with Crippen molar-refractivity contribution >= 4 is 38.2 Å². The summed E-state index contributed by atoms with van der Waals surface area (Å²) in [7, 11) is -3.99. The van der Waals surface area contributed by atoms with Crippen LogP contribution in [0.25, 0.3) is 0 Å². The number of carbonyl (C=O) groups is 2. The van der Waals surface area contributed by atoms with Crippen LogP contribution in [0.2, 0.25) is 0 Å². The van der Waals surface area contributed by atoms with Crippen molar-refractivity contribution in [3.8, 4) is 0 Å². The van der Waals surface area contributed by atoms with Gasteiger partial charge in [0.2, 0.25) is 10.0 Å². The van der Waals surface area contributed by atoms with Crippen LogP contribution < -0.4 is 5.32 Å². The molecule has 3 rings (SSSR count). The lowest BCUT2D eigenvalue weighted by Crippen LogP contribution is -2.55. The number of carbonyl (C=O) groups excluding carboxylic acids is 2. The number of hydrogen-bond donors (Lipinski definition) is 1. The lowest BCUT2D eigenvalue weighted by atomic mass is 10.0. The Bertz CT molecular complexity index is 907. The largest absolute Gasteiger partial charge is 0.300 e. The van der Waals surface area contributed by atoms with Crippen LogP contribution in [-0.2, 0) is 14.8 Å². The van der Waals surface area contributed by atoms with E-state index in [1.165, 1.54) is 41.8 Å². The molecule has 1 aliphatic heterocycles. The number of nitrogens with zero attached hydrogens (tertiary/aromatic N) is 2. The quantitative estimate of drug-likeness (QED) is 0.656. The number of thiazole rings is 1. The number of sulfonamides is 1. The second kappa shape index (κ2) is 6.27. The molecule has 1 atom stereocenters. The van der Waals surface area contributed by atoms with Gasteiger partial charge in [0.15, 0.2) is 17.0 Å². The molecule has 24 heavy (non-hydrogen) atoms. The number of rotatable bonds is 4. The fraction of sp³-hybridized carbons (Fsp3) is 0.133. The molecule has 1 aliphatic rings. The molecule has 1 N–H and O–H groups in total. The predicted octanol–water partition coefficient (Wildman–Crippen LogP) is 1.52. The molecule has 0 bridgehead atoms. The molecule has 1 aromatic heterocycles. The van der Waals surface area contributed by atoms with E-state index < -0.39 is 27.8 Å². The lowest BCUT2D eigenvalue weighted by Gasteiger charge is -2.32. The standard InChI is InChI=1S/C15H13N3O4S2/c1-2-8-18-12(14(20)17-15-16-7-9-23-15)13(19)10-5-3-4-6-11(10)24(18,21)22/h2-7,9,12H,1,8H2,(H,16,17,20). The molecule has 7 nitrogen and oxygen atoms in total. The van der Waals surface area contributed by atoms with Gasteiger partial charge in [-0.05, 0) is 12.1 Å². The number of fused-ring (bicyclic) bond motifs is 1. The first-order valence-electron chi connectivity index (χ1n) is 6.93. The highest BCUT2D eigenvalue weighted by Crippen LogP contribution is 2.30. The average Bonchev–Trinajstić information content (AvgIpc) is 3.06. The first kappa shape index (κ1) is 16.5. The Kier molecular flexibility index (Phi) is 4.31. The van der Waals surface area contributed by atoms with Gasteiger partial charge in [0.1, 0.15) is 0 Å². The second-order valence-corrected chi connectivity index (χ2v) is 7.71. The molecule has 0 radical (unpaired) electrons. The van der Waals surface area contributed by atoms with E-state index in [1.807, 2.05) is 0 Å². The van der Waals surface area contributed by atoms with Crippen LogP contribution >= 0.6 is 11.3 Å². The maximum absolute atomic E-state index is 12.8. The third-order valence-corrected chi connectivity index (χ3v) is 6.07. The van der Waals surface area contributed by atoms with Gasteiger partial charge in [0.25, 0.3) is 5.91 Å². The predicted molar refractivity (Wildman–Crippen MR) is 89.4 cm³/mol. The van der Waals surface area contributed by atoms with Crippen LogP contribution in [0.15, 0.2) is 53.4 Å². The average molecular weight is 363 g/mol. The molecule has 2 aromatic rings. The van der Waals surface area contributed by atoms with E-state index in [4.69, 9.17) is 0 Å².